The summed E-state index contributed by atoms with van der Waals surface area (Å²) in [6.07, 6.45) is -4.34. The van der Waals surface area contributed by atoms with Gasteiger partial charge in [0.05, 0.1) is 23.4 Å². The predicted octanol–water partition coefficient (Wildman–Crippen LogP) is 4.93. The molecule has 1 aliphatic heterocycles. The van der Waals surface area contributed by atoms with Gasteiger partial charge in [0.2, 0.25) is 5.88 Å². The minimum atomic E-state index is -4.44. The van der Waals surface area contributed by atoms with Crippen LogP contribution in [0.4, 0.5) is 23.7 Å². The maximum Gasteiger partial charge on any atom is 0.512 e. The summed E-state index contributed by atoms with van der Waals surface area (Å²) in [7, 11) is 1.59. The Labute approximate surface area is 168 Å². The Balaban J connectivity index is 1.69. The van der Waals surface area contributed by atoms with Gasteiger partial charge in [-0.3, -0.25) is 4.79 Å². The van der Waals surface area contributed by atoms with E-state index < -0.39 is 17.9 Å². The Morgan fingerprint density at radius 3 is 2.47 bits per heavy atom. The molecule has 0 saturated heterocycles. The summed E-state index contributed by atoms with van der Waals surface area (Å²) in [5, 5.41) is 8.81. The van der Waals surface area contributed by atoms with Crippen LogP contribution in [0.25, 0.3) is 11.1 Å². The molecule has 0 bridgehead atoms. The Hall–Kier alpha value is -3.75. The van der Waals surface area contributed by atoms with Crippen molar-refractivity contribution in [2.24, 2.45) is 7.05 Å². The summed E-state index contributed by atoms with van der Waals surface area (Å²) >= 11 is 0. The lowest BCUT2D eigenvalue weighted by Gasteiger charge is -2.13. The van der Waals surface area contributed by atoms with Crippen LogP contribution in [0.15, 0.2) is 54.7 Å². The highest BCUT2D eigenvalue weighted by atomic mass is 19.4. The smallest absolute Gasteiger partial charge is 0.449 e. The molecule has 0 saturated carbocycles. The van der Waals surface area contributed by atoms with E-state index in [1.54, 1.807) is 31.4 Å². The molecule has 0 unspecified atom stereocenters. The first-order valence-electron chi connectivity index (χ1n) is 8.83. The Morgan fingerprint density at radius 1 is 1.13 bits per heavy atom. The molecule has 1 N–H and O–H groups in total. The highest BCUT2D eigenvalue weighted by molar-refractivity contribution is 6.14. The van der Waals surface area contributed by atoms with Crippen molar-refractivity contribution < 1.29 is 32.6 Å². The molecule has 2 aromatic carbocycles. The van der Waals surface area contributed by atoms with Crippen molar-refractivity contribution >= 4 is 17.7 Å². The van der Waals surface area contributed by atoms with Gasteiger partial charge in [0.15, 0.2) is 0 Å². The maximum atomic E-state index is 13.1. The van der Waals surface area contributed by atoms with Gasteiger partial charge in [-0.15, -0.1) is 0 Å². The highest BCUT2D eigenvalue weighted by Crippen LogP contribution is 2.37. The number of hydrogen-bond acceptors (Lipinski definition) is 3. The van der Waals surface area contributed by atoms with Crippen LogP contribution >= 0.6 is 0 Å². The minimum Gasteiger partial charge on any atom is -0.449 e. The van der Waals surface area contributed by atoms with E-state index in [2.05, 4.69) is 4.74 Å². The molecule has 1 amide bonds. The summed E-state index contributed by atoms with van der Waals surface area (Å²) in [5.74, 6) is -0.266. The van der Waals surface area contributed by atoms with E-state index >= 15 is 0 Å². The molecule has 0 atom stereocenters. The van der Waals surface area contributed by atoms with Crippen molar-refractivity contribution in [2.45, 2.75) is 12.7 Å². The van der Waals surface area contributed by atoms with Crippen molar-refractivity contribution in [1.29, 1.82) is 0 Å². The zero-order valence-corrected chi connectivity index (χ0v) is 15.6. The summed E-state index contributed by atoms with van der Waals surface area (Å²) in [5.41, 5.74) is 1.85. The van der Waals surface area contributed by atoms with Crippen molar-refractivity contribution in [3.05, 3.63) is 71.4 Å². The van der Waals surface area contributed by atoms with Crippen LogP contribution in [0.2, 0.25) is 0 Å². The number of ether oxygens (including phenoxy) is 1. The lowest BCUT2D eigenvalue weighted by molar-refractivity contribution is -0.137. The first-order valence-corrected chi connectivity index (χ1v) is 8.83. The van der Waals surface area contributed by atoms with E-state index in [1.165, 1.54) is 27.7 Å². The van der Waals surface area contributed by atoms with Gasteiger partial charge in [-0.2, -0.15) is 13.2 Å². The van der Waals surface area contributed by atoms with E-state index in [0.29, 0.717) is 22.4 Å². The van der Waals surface area contributed by atoms with Crippen molar-refractivity contribution in [2.75, 3.05) is 4.90 Å². The molecular weight excluding hydrogens is 401 g/mol. The van der Waals surface area contributed by atoms with Crippen LogP contribution in [-0.2, 0) is 19.8 Å². The van der Waals surface area contributed by atoms with E-state index in [1.807, 2.05) is 0 Å². The third-order valence-electron chi connectivity index (χ3n) is 4.91. The van der Waals surface area contributed by atoms with Gasteiger partial charge in [-0.25, -0.2) is 4.79 Å². The lowest BCUT2D eigenvalue weighted by Crippen LogP contribution is -2.22. The van der Waals surface area contributed by atoms with Crippen LogP contribution in [0.3, 0.4) is 0 Å². The normalized spacial score (nSPS) is 13.5. The molecule has 0 fully saturated rings. The number of rotatable bonds is 3. The second-order valence-electron chi connectivity index (χ2n) is 6.82. The van der Waals surface area contributed by atoms with E-state index in [4.69, 9.17) is 5.11 Å². The van der Waals surface area contributed by atoms with Crippen LogP contribution in [-0.4, -0.2) is 21.7 Å². The summed E-state index contributed by atoms with van der Waals surface area (Å²) < 4.78 is 44.7. The number of anilines is 1. The fraction of sp³-hybridized carbons (Fsp3) is 0.143. The number of benzene rings is 2. The number of aryl methyl sites for hydroxylation is 1. The second kappa shape index (κ2) is 6.94. The van der Waals surface area contributed by atoms with Gasteiger partial charge in [-0.05, 0) is 28.8 Å². The van der Waals surface area contributed by atoms with Crippen molar-refractivity contribution in [3.8, 4) is 17.0 Å². The van der Waals surface area contributed by atoms with Crippen molar-refractivity contribution in [3.63, 3.8) is 0 Å². The number of fused-ring (bicyclic) bond motifs is 1. The average Bonchev–Trinajstić information content (AvgIpc) is 3.21. The third kappa shape index (κ3) is 3.38. The molecule has 0 spiro atoms. The summed E-state index contributed by atoms with van der Waals surface area (Å²) in [6.45, 7) is 0.249. The number of carbonyl (C=O) groups is 2. The molecule has 0 aliphatic carbocycles. The quantitative estimate of drug-likeness (QED) is 0.615. The Kier molecular flexibility index (Phi) is 4.53. The summed E-state index contributed by atoms with van der Waals surface area (Å²) in [4.78, 5) is 25.4. The van der Waals surface area contributed by atoms with E-state index in [0.717, 1.165) is 17.7 Å². The fourth-order valence-corrected chi connectivity index (χ4v) is 3.52. The maximum absolute atomic E-state index is 13.1. The molecular formula is C21H15F3N2O4. The standard InChI is InChI=1S/C21H15F3N2O4/c1-25-11-15(9-17(25)30-20(28)29)26-10-13-3-2-4-16(18(13)19(26)27)12-5-7-14(8-6-12)21(22,23)24/h2-9,11H,10H2,1H3,(H,28,29). The fourth-order valence-electron chi connectivity index (χ4n) is 3.52. The van der Waals surface area contributed by atoms with Crippen LogP contribution in [0, 0.1) is 0 Å². The van der Waals surface area contributed by atoms with Crippen LogP contribution < -0.4 is 9.64 Å². The first-order chi connectivity index (χ1) is 14.1. The van der Waals surface area contributed by atoms with Crippen molar-refractivity contribution in [1.82, 2.24) is 4.57 Å². The number of carboxylic acid groups (broad SMARTS) is 1. The molecule has 0 radical (unpaired) electrons. The molecule has 4 rings (SSSR count). The zero-order chi connectivity index (χ0) is 21.6. The number of nitrogens with zero attached hydrogens (tertiary/aromatic N) is 2. The number of aromatic nitrogens is 1. The van der Waals surface area contributed by atoms with Gasteiger partial charge in [0, 0.05) is 19.3 Å². The van der Waals surface area contributed by atoms with E-state index in [-0.39, 0.29) is 18.3 Å². The minimum absolute atomic E-state index is 0.0595. The zero-order valence-electron chi connectivity index (χ0n) is 15.6. The number of alkyl halides is 3. The van der Waals surface area contributed by atoms with Gasteiger partial charge in [0.1, 0.15) is 0 Å². The SMILES string of the molecule is Cn1cc(N2Cc3cccc(-c4ccc(C(F)(F)F)cc4)c3C2=O)cc1OC(=O)O. The number of amides is 1. The largest absolute Gasteiger partial charge is 0.512 e. The Morgan fingerprint density at radius 2 is 1.83 bits per heavy atom. The molecule has 3 aromatic rings. The number of hydrogen-bond donors (Lipinski definition) is 1. The number of carbonyl (C=O) groups excluding carboxylic acids is 1. The molecule has 9 heteroatoms. The van der Waals surface area contributed by atoms with E-state index in [9.17, 15) is 22.8 Å². The molecule has 154 valence electrons. The van der Waals surface area contributed by atoms with Crippen LogP contribution in [0.5, 0.6) is 5.88 Å². The van der Waals surface area contributed by atoms with Gasteiger partial charge in [0.25, 0.3) is 5.91 Å². The predicted molar refractivity (Wildman–Crippen MR) is 101 cm³/mol. The second-order valence-corrected chi connectivity index (χ2v) is 6.82. The van der Waals surface area contributed by atoms with Gasteiger partial charge >= 0.3 is 12.3 Å². The Bertz CT molecular complexity index is 1150. The molecule has 6 nitrogen and oxygen atoms in total. The third-order valence-corrected chi connectivity index (χ3v) is 4.91. The average molecular weight is 416 g/mol. The molecule has 1 aliphatic rings. The molecule has 1 aromatic heterocycles. The van der Waals surface area contributed by atoms with Crippen LogP contribution in [0.1, 0.15) is 21.5 Å². The summed E-state index contributed by atoms with van der Waals surface area (Å²) in [6, 6.07) is 11.3. The lowest BCUT2D eigenvalue weighted by atomic mass is 9.96. The first kappa shape index (κ1) is 19.6. The van der Waals surface area contributed by atoms with Gasteiger partial charge in [-0.1, -0.05) is 30.3 Å². The monoisotopic (exact) mass is 416 g/mol. The van der Waals surface area contributed by atoms with Gasteiger partial charge < -0.3 is 19.3 Å². The topological polar surface area (TPSA) is 71.8 Å². The number of halogens is 3. The molecule has 2 heterocycles. The molecule has 30 heavy (non-hydrogen) atoms. The highest BCUT2D eigenvalue weighted by Gasteiger charge is 2.33.